The minimum absolute atomic E-state index is 0.00162. The van der Waals surface area contributed by atoms with Gasteiger partial charge in [0.1, 0.15) is 0 Å². The summed E-state index contributed by atoms with van der Waals surface area (Å²) in [5, 5.41) is 9.01. The van der Waals surface area contributed by atoms with E-state index >= 15 is 0 Å². The molecule has 1 N–H and O–H groups in total. The molecule has 0 aromatic heterocycles. The fourth-order valence-electron chi connectivity index (χ4n) is 1.81. The van der Waals surface area contributed by atoms with E-state index in [4.69, 9.17) is 5.11 Å². The van der Waals surface area contributed by atoms with Gasteiger partial charge in [0.15, 0.2) is 17.4 Å². The number of carboxylic acids is 1. The second-order valence-electron chi connectivity index (χ2n) is 3.83. The van der Waals surface area contributed by atoms with Crippen LogP contribution >= 0.6 is 0 Å². The summed E-state index contributed by atoms with van der Waals surface area (Å²) in [6.07, 6.45) is 0.738. The number of hydrogen-bond acceptors (Lipinski definition) is 2. The van der Waals surface area contributed by atoms with Crippen molar-refractivity contribution >= 4 is 5.97 Å². The molecule has 2 rings (SSSR count). The van der Waals surface area contributed by atoms with Crippen LogP contribution in [-0.4, -0.2) is 18.2 Å². The molecule has 0 saturated heterocycles. The monoisotopic (exact) mass is 228 g/mol. The second kappa shape index (κ2) is 3.43. The summed E-state index contributed by atoms with van der Waals surface area (Å²) >= 11 is 0. The van der Waals surface area contributed by atoms with E-state index in [1.54, 1.807) is 0 Å². The highest BCUT2D eigenvalue weighted by Gasteiger charge is 2.53. The molecule has 86 valence electrons. The van der Waals surface area contributed by atoms with E-state index in [9.17, 15) is 13.6 Å². The van der Waals surface area contributed by atoms with Gasteiger partial charge in [-0.25, -0.2) is 8.78 Å². The summed E-state index contributed by atoms with van der Waals surface area (Å²) in [6.45, 7) is 0. The van der Waals surface area contributed by atoms with E-state index in [1.807, 2.05) is 0 Å². The molecule has 0 bridgehead atoms. The number of carboxylic acid groups (broad SMARTS) is 1. The van der Waals surface area contributed by atoms with Crippen molar-refractivity contribution in [2.75, 3.05) is 7.11 Å². The Balaban J connectivity index is 2.55. The number of carbonyl (C=O) groups is 1. The van der Waals surface area contributed by atoms with Crippen LogP contribution in [0.25, 0.3) is 0 Å². The Hall–Kier alpha value is -1.65. The van der Waals surface area contributed by atoms with E-state index < -0.39 is 28.8 Å². The molecule has 0 heterocycles. The molecule has 16 heavy (non-hydrogen) atoms. The third kappa shape index (κ3) is 1.35. The molecule has 1 fully saturated rings. The molecule has 0 unspecified atom stereocenters. The third-order valence-corrected chi connectivity index (χ3v) is 2.93. The smallest absolute Gasteiger partial charge is 0.314 e. The molecule has 1 aromatic rings. The van der Waals surface area contributed by atoms with Crippen LogP contribution in [0.15, 0.2) is 12.1 Å². The van der Waals surface area contributed by atoms with Crippen molar-refractivity contribution in [1.82, 2.24) is 0 Å². The van der Waals surface area contributed by atoms with Crippen LogP contribution < -0.4 is 4.74 Å². The molecule has 0 atom stereocenters. The number of halogens is 2. The zero-order chi connectivity index (χ0) is 11.9. The van der Waals surface area contributed by atoms with E-state index in [1.165, 1.54) is 6.07 Å². The number of ether oxygens (including phenoxy) is 1. The van der Waals surface area contributed by atoms with Gasteiger partial charge in [-0.15, -0.1) is 0 Å². The molecule has 3 nitrogen and oxygen atoms in total. The lowest BCUT2D eigenvalue weighted by molar-refractivity contribution is -0.140. The summed E-state index contributed by atoms with van der Waals surface area (Å²) in [6, 6.07) is 2.20. The second-order valence-corrected chi connectivity index (χ2v) is 3.83. The zero-order valence-electron chi connectivity index (χ0n) is 8.59. The molecule has 5 heteroatoms. The Morgan fingerprint density at radius 1 is 1.44 bits per heavy atom. The van der Waals surface area contributed by atoms with Gasteiger partial charge in [-0.2, -0.15) is 0 Å². The molecule has 1 saturated carbocycles. The minimum Gasteiger partial charge on any atom is -0.491 e. The van der Waals surface area contributed by atoms with Gasteiger partial charge in [0.2, 0.25) is 0 Å². The maximum atomic E-state index is 13.8. The largest absolute Gasteiger partial charge is 0.491 e. The van der Waals surface area contributed by atoms with Crippen molar-refractivity contribution in [2.45, 2.75) is 18.3 Å². The summed E-state index contributed by atoms with van der Waals surface area (Å²) in [5.41, 5.74) is -1.19. The van der Waals surface area contributed by atoms with Crippen molar-refractivity contribution in [3.63, 3.8) is 0 Å². The highest BCUT2D eigenvalue weighted by Crippen LogP contribution is 2.50. The zero-order valence-corrected chi connectivity index (χ0v) is 8.59. The van der Waals surface area contributed by atoms with E-state index in [2.05, 4.69) is 4.74 Å². The number of rotatable bonds is 3. The maximum Gasteiger partial charge on any atom is 0.314 e. The molecular formula is C11H10F2O3. The molecule has 0 spiro atoms. The van der Waals surface area contributed by atoms with Crippen LogP contribution in [0.2, 0.25) is 0 Å². The number of hydrogen-bond donors (Lipinski definition) is 1. The Bertz CT molecular complexity index is 453. The predicted molar refractivity (Wildman–Crippen MR) is 51.5 cm³/mol. The molecule has 1 aromatic carbocycles. The highest BCUT2D eigenvalue weighted by molar-refractivity contribution is 5.85. The summed E-state index contributed by atoms with van der Waals surface area (Å²) in [7, 11) is 1.14. The van der Waals surface area contributed by atoms with E-state index in [0.29, 0.717) is 12.8 Å². The molecule has 1 aliphatic rings. The first-order valence-corrected chi connectivity index (χ1v) is 4.79. The lowest BCUT2D eigenvalue weighted by Gasteiger charge is -2.13. The van der Waals surface area contributed by atoms with Crippen molar-refractivity contribution in [1.29, 1.82) is 0 Å². The molecule has 0 aliphatic heterocycles. The fraction of sp³-hybridized carbons (Fsp3) is 0.364. The minimum atomic E-state index is -1.19. The van der Waals surface area contributed by atoms with Crippen LogP contribution in [0.3, 0.4) is 0 Å². The van der Waals surface area contributed by atoms with Gasteiger partial charge in [0.25, 0.3) is 0 Å². The first kappa shape index (κ1) is 10.9. The van der Waals surface area contributed by atoms with Crippen LogP contribution in [0.1, 0.15) is 18.4 Å². The van der Waals surface area contributed by atoms with Crippen molar-refractivity contribution < 1.29 is 23.4 Å². The van der Waals surface area contributed by atoms with Crippen LogP contribution in [0.4, 0.5) is 8.78 Å². The third-order valence-electron chi connectivity index (χ3n) is 2.93. The molecule has 1 aliphatic carbocycles. The predicted octanol–water partition coefficient (Wildman–Crippen LogP) is 2.09. The van der Waals surface area contributed by atoms with E-state index in [0.717, 1.165) is 13.2 Å². The van der Waals surface area contributed by atoms with Gasteiger partial charge in [0.05, 0.1) is 12.5 Å². The van der Waals surface area contributed by atoms with Gasteiger partial charge >= 0.3 is 5.97 Å². The number of benzene rings is 1. The summed E-state index contributed by atoms with van der Waals surface area (Å²) in [4.78, 5) is 11.0. The summed E-state index contributed by atoms with van der Waals surface area (Å²) < 4.78 is 31.5. The first-order chi connectivity index (χ1) is 7.53. The Labute approximate surface area is 90.7 Å². The fourth-order valence-corrected chi connectivity index (χ4v) is 1.81. The SMILES string of the molecule is COc1c(F)ccc(C2(C(=O)O)CC2)c1F. The normalized spacial score (nSPS) is 16.9. The van der Waals surface area contributed by atoms with Gasteiger partial charge in [-0.1, -0.05) is 6.07 Å². The van der Waals surface area contributed by atoms with Crippen molar-refractivity contribution in [3.8, 4) is 5.75 Å². The maximum absolute atomic E-state index is 13.8. The standard InChI is InChI=1S/C11H10F2O3/c1-16-9-7(12)3-2-6(8(9)13)11(4-5-11)10(14)15/h2-3H,4-5H2,1H3,(H,14,15). The molecular weight excluding hydrogens is 218 g/mol. The van der Waals surface area contributed by atoms with Crippen LogP contribution in [0, 0.1) is 11.6 Å². The Morgan fingerprint density at radius 2 is 2.06 bits per heavy atom. The molecule has 0 radical (unpaired) electrons. The van der Waals surface area contributed by atoms with Gasteiger partial charge in [0, 0.05) is 5.56 Å². The van der Waals surface area contributed by atoms with Gasteiger partial charge in [-0.3, -0.25) is 4.79 Å². The van der Waals surface area contributed by atoms with Gasteiger partial charge in [-0.05, 0) is 18.9 Å². The summed E-state index contributed by atoms with van der Waals surface area (Å²) in [5.74, 6) is -3.35. The Morgan fingerprint density at radius 3 is 2.50 bits per heavy atom. The number of aliphatic carboxylic acids is 1. The first-order valence-electron chi connectivity index (χ1n) is 4.79. The Kier molecular flexibility index (Phi) is 2.33. The molecule has 0 amide bonds. The average molecular weight is 228 g/mol. The number of methoxy groups -OCH3 is 1. The lowest BCUT2D eigenvalue weighted by Crippen LogP contribution is -2.21. The van der Waals surface area contributed by atoms with Crippen LogP contribution in [0.5, 0.6) is 5.75 Å². The quantitative estimate of drug-likeness (QED) is 0.861. The van der Waals surface area contributed by atoms with E-state index in [-0.39, 0.29) is 5.56 Å². The van der Waals surface area contributed by atoms with Gasteiger partial charge < -0.3 is 9.84 Å². The lowest BCUT2D eigenvalue weighted by atomic mass is 9.95. The topological polar surface area (TPSA) is 46.5 Å². The highest BCUT2D eigenvalue weighted by atomic mass is 19.1. The van der Waals surface area contributed by atoms with Crippen LogP contribution in [-0.2, 0) is 10.2 Å². The average Bonchev–Trinajstić information content (AvgIpc) is 2.99. The van der Waals surface area contributed by atoms with Crippen molar-refractivity contribution in [2.24, 2.45) is 0 Å². The van der Waals surface area contributed by atoms with Crippen molar-refractivity contribution in [3.05, 3.63) is 29.3 Å².